The van der Waals surface area contributed by atoms with E-state index < -0.39 is 22.8 Å². The van der Waals surface area contributed by atoms with Crippen molar-refractivity contribution in [2.45, 2.75) is 12.7 Å². The largest absolute Gasteiger partial charge is 0.436 e. The van der Waals surface area contributed by atoms with Crippen molar-refractivity contribution in [1.82, 2.24) is 19.6 Å². The van der Waals surface area contributed by atoms with E-state index >= 15 is 0 Å². The molecule has 1 amide bonds. The fourth-order valence-corrected chi connectivity index (χ4v) is 3.16. The van der Waals surface area contributed by atoms with Crippen molar-refractivity contribution in [3.63, 3.8) is 0 Å². The van der Waals surface area contributed by atoms with E-state index in [2.05, 4.69) is 31.4 Å². The molecule has 142 valence electrons. The van der Waals surface area contributed by atoms with E-state index in [1.165, 1.54) is 7.05 Å². The van der Waals surface area contributed by atoms with E-state index in [9.17, 15) is 18.0 Å². The van der Waals surface area contributed by atoms with E-state index in [1.807, 2.05) is 6.07 Å². The Morgan fingerprint density at radius 3 is 2.70 bits per heavy atom. The molecule has 0 bridgehead atoms. The van der Waals surface area contributed by atoms with Crippen molar-refractivity contribution in [2.75, 3.05) is 5.32 Å². The zero-order valence-electron chi connectivity index (χ0n) is 13.8. The standard InChI is InChI=1S/C16H12BrClF3N5O/c1-25-13(12(18)14(24-25)16(19,20)21)15(27)23-11-4-2-3-9(5-11)7-26-8-10(17)6-22-26/h2-6,8H,7H2,1H3,(H,23,27). The van der Waals surface area contributed by atoms with Crippen LogP contribution in [0.5, 0.6) is 0 Å². The summed E-state index contributed by atoms with van der Waals surface area (Å²) in [5, 5.41) is 9.26. The highest BCUT2D eigenvalue weighted by Gasteiger charge is 2.39. The quantitative estimate of drug-likeness (QED) is 0.627. The van der Waals surface area contributed by atoms with Gasteiger partial charge in [0.1, 0.15) is 10.7 Å². The van der Waals surface area contributed by atoms with Gasteiger partial charge in [0, 0.05) is 18.9 Å². The molecule has 0 radical (unpaired) electrons. The molecular formula is C16H12BrClF3N5O. The highest BCUT2D eigenvalue weighted by Crippen LogP contribution is 2.35. The van der Waals surface area contributed by atoms with Gasteiger partial charge in [0.15, 0.2) is 5.69 Å². The Morgan fingerprint density at radius 2 is 2.11 bits per heavy atom. The van der Waals surface area contributed by atoms with Gasteiger partial charge in [-0.1, -0.05) is 23.7 Å². The molecule has 6 nitrogen and oxygen atoms in total. The fraction of sp³-hybridized carbons (Fsp3) is 0.188. The Kier molecular flexibility index (Phi) is 5.29. The normalized spacial score (nSPS) is 11.6. The Hall–Kier alpha value is -2.33. The molecule has 1 N–H and O–H groups in total. The molecule has 0 saturated heterocycles. The van der Waals surface area contributed by atoms with Gasteiger partial charge in [-0.15, -0.1) is 0 Å². The van der Waals surface area contributed by atoms with E-state index in [4.69, 9.17) is 11.6 Å². The summed E-state index contributed by atoms with van der Waals surface area (Å²) in [5.41, 5.74) is -0.412. The number of rotatable bonds is 4. The average molecular weight is 463 g/mol. The third-order valence-corrected chi connectivity index (χ3v) is 4.37. The number of alkyl halides is 3. The molecule has 0 spiro atoms. The molecular weight excluding hydrogens is 451 g/mol. The van der Waals surface area contributed by atoms with Crippen molar-refractivity contribution < 1.29 is 18.0 Å². The predicted octanol–water partition coefficient (Wildman–Crippen LogP) is 4.35. The molecule has 0 aliphatic rings. The zero-order chi connectivity index (χ0) is 19.8. The van der Waals surface area contributed by atoms with E-state index in [0.717, 1.165) is 14.7 Å². The number of aryl methyl sites for hydroxylation is 1. The van der Waals surface area contributed by atoms with Crippen LogP contribution in [0.3, 0.4) is 0 Å². The van der Waals surface area contributed by atoms with Gasteiger partial charge in [0.25, 0.3) is 5.91 Å². The summed E-state index contributed by atoms with van der Waals surface area (Å²) in [6.07, 6.45) is -1.31. The minimum absolute atomic E-state index is 0.370. The van der Waals surface area contributed by atoms with Crippen molar-refractivity contribution in [3.8, 4) is 0 Å². The highest BCUT2D eigenvalue weighted by molar-refractivity contribution is 9.10. The molecule has 3 rings (SSSR count). The molecule has 0 aliphatic heterocycles. The number of halogens is 5. The minimum atomic E-state index is -4.74. The van der Waals surface area contributed by atoms with Crippen LogP contribution in [0.25, 0.3) is 0 Å². The number of nitrogens with zero attached hydrogens (tertiary/aromatic N) is 4. The fourth-order valence-electron chi connectivity index (χ4n) is 2.48. The van der Waals surface area contributed by atoms with Crippen LogP contribution in [0, 0.1) is 0 Å². The first-order valence-electron chi connectivity index (χ1n) is 7.53. The van der Waals surface area contributed by atoms with Gasteiger partial charge in [0.2, 0.25) is 0 Å². The van der Waals surface area contributed by atoms with Crippen LogP contribution in [0.4, 0.5) is 18.9 Å². The van der Waals surface area contributed by atoms with Crippen molar-refractivity contribution in [1.29, 1.82) is 0 Å². The van der Waals surface area contributed by atoms with Gasteiger partial charge in [0.05, 0.1) is 17.2 Å². The summed E-state index contributed by atoms with van der Waals surface area (Å²) < 4.78 is 42.0. The lowest BCUT2D eigenvalue weighted by atomic mass is 10.2. The molecule has 0 fully saturated rings. The summed E-state index contributed by atoms with van der Waals surface area (Å²) in [4.78, 5) is 12.4. The van der Waals surface area contributed by atoms with Crippen LogP contribution < -0.4 is 5.32 Å². The second-order valence-electron chi connectivity index (χ2n) is 5.64. The lowest BCUT2D eigenvalue weighted by Crippen LogP contribution is -2.16. The average Bonchev–Trinajstić information content (AvgIpc) is 3.10. The van der Waals surface area contributed by atoms with Crippen LogP contribution in [0.2, 0.25) is 5.02 Å². The predicted molar refractivity (Wildman–Crippen MR) is 96.6 cm³/mol. The van der Waals surface area contributed by atoms with Crippen LogP contribution >= 0.6 is 27.5 Å². The molecule has 0 atom stereocenters. The molecule has 27 heavy (non-hydrogen) atoms. The second-order valence-corrected chi connectivity index (χ2v) is 6.94. The van der Waals surface area contributed by atoms with Gasteiger partial charge >= 0.3 is 6.18 Å². The molecule has 0 saturated carbocycles. The van der Waals surface area contributed by atoms with Gasteiger partial charge in [-0.05, 0) is 33.6 Å². The zero-order valence-corrected chi connectivity index (χ0v) is 16.1. The maximum Gasteiger partial charge on any atom is 0.436 e. The Balaban J connectivity index is 1.81. The third-order valence-electron chi connectivity index (χ3n) is 3.60. The summed E-state index contributed by atoms with van der Waals surface area (Å²) >= 11 is 9.04. The molecule has 2 heterocycles. The first kappa shape index (κ1) is 19.4. The van der Waals surface area contributed by atoms with Gasteiger partial charge in [-0.3, -0.25) is 14.2 Å². The molecule has 11 heteroatoms. The lowest BCUT2D eigenvalue weighted by molar-refractivity contribution is -0.141. The number of amides is 1. The lowest BCUT2D eigenvalue weighted by Gasteiger charge is -2.08. The number of hydrogen-bond acceptors (Lipinski definition) is 3. The van der Waals surface area contributed by atoms with Crippen LogP contribution in [0.1, 0.15) is 21.7 Å². The van der Waals surface area contributed by atoms with Crippen LogP contribution in [0.15, 0.2) is 41.1 Å². The number of aromatic nitrogens is 4. The third kappa shape index (κ3) is 4.33. The Labute approximate surface area is 165 Å². The topological polar surface area (TPSA) is 64.7 Å². The number of benzene rings is 1. The molecule has 3 aromatic rings. The van der Waals surface area contributed by atoms with E-state index in [0.29, 0.717) is 12.2 Å². The van der Waals surface area contributed by atoms with E-state index in [1.54, 1.807) is 35.3 Å². The van der Waals surface area contributed by atoms with Gasteiger partial charge in [-0.2, -0.15) is 23.4 Å². The molecule has 0 aliphatic carbocycles. The molecule has 1 aromatic carbocycles. The number of carbonyl (C=O) groups excluding carboxylic acids is 1. The molecule has 2 aromatic heterocycles. The SMILES string of the molecule is Cn1nc(C(F)(F)F)c(Cl)c1C(=O)Nc1cccc(Cn2cc(Br)cn2)c1. The number of anilines is 1. The maximum absolute atomic E-state index is 12.9. The Bertz CT molecular complexity index is 998. The number of hydrogen-bond donors (Lipinski definition) is 1. The first-order valence-corrected chi connectivity index (χ1v) is 8.70. The second kappa shape index (κ2) is 7.35. The van der Waals surface area contributed by atoms with E-state index in [-0.39, 0.29) is 5.69 Å². The van der Waals surface area contributed by atoms with Gasteiger partial charge in [-0.25, -0.2) is 0 Å². The first-order chi connectivity index (χ1) is 12.6. The summed E-state index contributed by atoms with van der Waals surface area (Å²) in [5.74, 6) is -0.788. The highest BCUT2D eigenvalue weighted by atomic mass is 79.9. The van der Waals surface area contributed by atoms with Crippen LogP contribution in [-0.2, 0) is 19.8 Å². The molecule has 0 unspecified atom stereocenters. The smallest absolute Gasteiger partial charge is 0.321 e. The summed E-state index contributed by atoms with van der Waals surface area (Å²) in [6, 6.07) is 6.87. The van der Waals surface area contributed by atoms with Crippen molar-refractivity contribution >= 4 is 39.1 Å². The van der Waals surface area contributed by atoms with Gasteiger partial charge < -0.3 is 5.32 Å². The minimum Gasteiger partial charge on any atom is -0.321 e. The van der Waals surface area contributed by atoms with Crippen molar-refractivity contribution in [3.05, 3.63) is 63.1 Å². The summed E-state index contributed by atoms with van der Waals surface area (Å²) in [6.45, 7) is 0.458. The number of nitrogens with one attached hydrogen (secondary N) is 1. The maximum atomic E-state index is 12.9. The monoisotopic (exact) mass is 461 g/mol. The Morgan fingerprint density at radius 1 is 1.37 bits per heavy atom. The van der Waals surface area contributed by atoms with Crippen LogP contribution in [-0.4, -0.2) is 25.5 Å². The summed E-state index contributed by atoms with van der Waals surface area (Å²) in [7, 11) is 1.22. The van der Waals surface area contributed by atoms with Crippen molar-refractivity contribution in [2.24, 2.45) is 7.05 Å². The number of carbonyl (C=O) groups is 1.